The summed E-state index contributed by atoms with van der Waals surface area (Å²) in [5.41, 5.74) is 5.78. The molecule has 2 aromatic rings. The van der Waals surface area contributed by atoms with Crippen LogP contribution in [0.15, 0.2) is 53.6 Å². The number of ether oxygens (including phenoxy) is 1. The Morgan fingerprint density at radius 3 is 2.76 bits per heavy atom. The molecule has 0 saturated carbocycles. The number of benzene rings is 2. The van der Waals surface area contributed by atoms with E-state index in [0.29, 0.717) is 5.11 Å². The third-order valence-electron chi connectivity index (χ3n) is 2.78. The predicted octanol–water partition coefficient (Wildman–Crippen LogP) is 3.32. The molecular formula is C16H17N3OS. The van der Waals surface area contributed by atoms with Crippen molar-refractivity contribution in [2.45, 2.75) is 6.92 Å². The molecule has 0 saturated heterocycles. The molecule has 0 atom stereocenters. The smallest absolute Gasteiger partial charge is 0.191 e. The maximum Gasteiger partial charge on any atom is 0.191 e. The predicted molar refractivity (Wildman–Crippen MR) is 91.1 cm³/mol. The zero-order chi connectivity index (χ0) is 15.1. The zero-order valence-electron chi connectivity index (χ0n) is 12.0. The minimum atomic E-state index is 0.406. The first-order chi connectivity index (χ1) is 10.2. The summed E-state index contributed by atoms with van der Waals surface area (Å²) in [5.74, 6) is 0.726. The topological polar surface area (TPSA) is 45.6 Å². The van der Waals surface area contributed by atoms with E-state index in [1.165, 1.54) is 5.56 Å². The number of nitrogens with zero attached hydrogens (tertiary/aromatic N) is 1. The minimum Gasteiger partial charge on any atom is -0.495 e. The van der Waals surface area contributed by atoms with Crippen LogP contribution in [0.5, 0.6) is 5.75 Å². The maximum absolute atomic E-state index is 5.24. The fourth-order valence-corrected chi connectivity index (χ4v) is 1.98. The molecule has 0 radical (unpaired) electrons. The van der Waals surface area contributed by atoms with Gasteiger partial charge in [-0.15, -0.1) is 0 Å². The zero-order valence-corrected chi connectivity index (χ0v) is 12.8. The molecular weight excluding hydrogens is 282 g/mol. The van der Waals surface area contributed by atoms with Crippen LogP contribution >= 0.6 is 12.2 Å². The standard InChI is InChI=1S/C16H17N3OS/c1-12-6-5-7-13(10-12)11-17-19-16(21)18-14-8-3-4-9-15(14)20-2/h3-11H,1-2H3,(H2,18,19,21)/b17-11-. The normalized spacial score (nSPS) is 10.4. The molecule has 0 aliphatic carbocycles. The third kappa shape index (κ3) is 4.57. The van der Waals surface area contributed by atoms with Crippen molar-refractivity contribution in [2.75, 3.05) is 12.4 Å². The molecule has 108 valence electrons. The molecule has 2 aromatic carbocycles. The molecule has 0 aliphatic rings. The number of para-hydroxylation sites is 2. The minimum absolute atomic E-state index is 0.406. The Hall–Kier alpha value is -2.40. The molecule has 0 bridgehead atoms. The number of hydrogen-bond donors (Lipinski definition) is 2. The summed E-state index contributed by atoms with van der Waals surface area (Å²) in [6, 6.07) is 15.6. The van der Waals surface area contributed by atoms with Crippen molar-refractivity contribution in [3.05, 3.63) is 59.7 Å². The van der Waals surface area contributed by atoms with Crippen molar-refractivity contribution in [1.82, 2.24) is 5.43 Å². The van der Waals surface area contributed by atoms with Crippen molar-refractivity contribution in [3.8, 4) is 5.75 Å². The SMILES string of the molecule is COc1ccccc1NC(=S)N/N=C\c1cccc(C)c1. The van der Waals surface area contributed by atoms with E-state index in [9.17, 15) is 0 Å². The molecule has 5 heteroatoms. The Morgan fingerprint density at radius 1 is 1.19 bits per heavy atom. The van der Waals surface area contributed by atoms with Crippen LogP contribution in [-0.2, 0) is 0 Å². The van der Waals surface area contributed by atoms with Gasteiger partial charge in [-0.05, 0) is 36.8 Å². The number of aryl methyl sites for hydroxylation is 1. The lowest BCUT2D eigenvalue weighted by molar-refractivity contribution is 0.417. The van der Waals surface area contributed by atoms with Crippen molar-refractivity contribution in [2.24, 2.45) is 5.10 Å². The van der Waals surface area contributed by atoms with E-state index in [4.69, 9.17) is 17.0 Å². The van der Waals surface area contributed by atoms with Gasteiger partial charge in [0.25, 0.3) is 0 Å². The molecule has 4 nitrogen and oxygen atoms in total. The summed E-state index contributed by atoms with van der Waals surface area (Å²) in [6.07, 6.45) is 1.73. The second kappa shape index (κ2) is 7.40. The Kier molecular flexibility index (Phi) is 5.29. The molecule has 0 aliphatic heterocycles. The highest BCUT2D eigenvalue weighted by Gasteiger charge is 2.02. The quantitative estimate of drug-likeness (QED) is 0.516. The molecule has 2 N–H and O–H groups in total. The number of nitrogens with one attached hydrogen (secondary N) is 2. The number of anilines is 1. The monoisotopic (exact) mass is 299 g/mol. The van der Waals surface area contributed by atoms with E-state index < -0.39 is 0 Å². The second-order valence-corrected chi connectivity index (χ2v) is 4.85. The first-order valence-electron chi connectivity index (χ1n) is 6.49. The van der Waals surface area contributed by atoms with Gasteiger partial charge >= 0.3 is 0 Å². The van der Waals surface area contributed by atoms with Crippen LogP contribution < -0.4 is 15.5 Å². The number of methoxy groups -OCH3 is 1. The van der Waals surface area contributed by atoms with Gasteiger partial charge in [0.05, 0.1) is 19.0 Å². The highest BCUT2D eigenvalue weighted by molar-refractivity contribution is 7.80. The lowest BCUT2D eigenvalue weighted by Crippen LogP contribution is -2.24. The number of rotatable bonds is 4. The van der Waals surface area contributed by atoms with Crippen LogP contribution in [0.2, 0.25) is 0 Å². The Balaban J connectivity index is 1.93. The van der Waals surface area contributed by atoms with Crippen LogP contribution in [0, 0.1) is 6.92 Å². The number of hydrazone groups is 1. The first kappa shape index (κ1) is 15.0. The van der Waals surface area contributed by atoms with Gasteiger partial charge in [-0.25, -0.2) is 0 Å². The summed E-state index contributed by atoms with van der Waals surface area (Å²) in [4.78, 5) is 0. The molecule has 21 heavy (non-hydrogen) atoms. The molecule has 2 rings (SSSR count). The fraction of sp³-hybridized carbons (Fsp3) is 0.125. The Labute approximate surface area is 129 Å². The second-order valence-electron chi connectivity index (χ2n) is 4.44. The van der Waals surface area contributed by atoms with E-state index in [1.54, 1.807) is 13.3 Å². The van der Waals surface area contributed by atoms with Crippen molar-refractivity contribution < 1.29 is 4.74 Å². The van der Waals surface area contributed by atoms with E-state index in [-0.39, 0.29) is 0 Å². The highest BCUT2D eigenvalue weighted by Crippen LogP contribution is 2.22. The molecule has 0 fully saturated rings. The van der Waals surface area contributed by atoms with Crippen molar-refractivity contribution in [3.63, 3.8) is 0 Å². The van der Waals surface area contributed by atoms with Crippen molar-refractivity contribution >= 4 is 29.2 Å². The number of hydrogen-bond acceptors (Lipinski definition) is 3. The van der Waals surface area contributed by atoms with Crippen LogP contribution in [0.3, 0.4) is 0 Å². The average molecular weight is 299 g/mol. The highest BCUT2D eigenvalue weighted by atomic mass is 32.1. The number of thiocarbonyl (C=S) groups is 1. The van der Waals surface area contributed by atoms with E-state index in [2.05, 4.69) is 15.8 Å². The van der Waals surface area contributed by atoms with Gasteiger partial charge in [0, 0.05) is 0 Å². The van der Waals surface area contributed by atoms with Gasteiger partial charge < -0.3 is 10.1 Å². The van der Waals surface area contributed by atoms with Crippen LogP contribution in [0.25, 0.3) is 0 Å². The summed E-state index contributed by atoms with van der Waals surface area (Å²) >= 11 is 5.19. The van der Waals surface area contributed by atoms with Gasteiger partial charge in [-0.2, -0.15) is 5.10 Å². The van der Waals surface area contributed by atoms with Gasteiger partial charge in [0.1, 0.15) is 5.75 Å². The maximum atomic E-state index is 5.24. The molecule has 0 amide bonds. The third-order valence-corrected chi connectivity index (χ3v) is 2.97. The van der Waals surface area contributed by atoms with E-state index in [1.807, 2.05) is 55.5 Å². The summed E-state index contributed by atoms with van der Waals surface area (Å²) in [6.45, 7) is 2.04. The van der Waals surface area contributed by atoms with E-state index >= 15 is 0 Å². The van der Waals surface area contributed by atoms with Gasteiger partial charge in [-0.3, -0.25) is 5.43 Å². The Morgan fingerprint density at radius 2 is 2.00 bits per heavy atom. The molecule has 0 unspecified atom stereocenters. The van der Waals surface area contributed by atoms with Crippen LogP contribution in [-0.4, -0.2) is 18.4 Å². The lowest BCUT2D eigenvalue weighted by Gasteiger charge is -2.10. The van der Waals surface area contributed by atoms with Gasteiger partial charge in [0.2, 0.25) is 0 Å². The summed E-state index contributed by atoms with van der Waals surface area (Å²) in [7, 11) is 1.62. The van der Waals surface area contributed by atoms with Crippen LogP contribution in [0.4, 0.5) is 5.69 Å². The largest absolute Gasteiger partial charge is 0.495 e. The Bertz CT molecular complexity index is 655. The van der Waals surface area contributed by atoms with E-state index in [0.717, 1.165) is 17.0 Å². The molecule has 0 heterocycles. The van der Waals surface area contributed by atoms with Gasteiger partial charge in [-0.1, -0.05) is 42.0 Å². The molecule has 0 aromatic heterocycles. The first-order valence-corrected chi connectivity index (χ1v) is 6.89. The summed E-state index contributed by atoms with van der Waals surface area (Å²) in [5, 5.41) is 7.56. The lowest BCUT2D eigenvalue weighted by atomic mass is 10.2. The van der Waals surface area contributed by atoms with Crippen molar-refractivity contribution in [1.29, 1.82) is 0 Å². The average Bonchev–Trinajstić information content (AvgIpc) is 2.48. The molecule has 0 spiro atoms. The summed E-state index contributed by atoms with van der Waals surface area (Å²) < 4.78 is 5.24. The van der Waals surface area contributed by atoms with Crippen LogP contribution in [0.1, 0.15) is 11.1 Å². The van der Waals surface area contributed by atoms with Gasteiger partial charge in [0.15, 0.2) is 5.11 Å². The fourth-order valence-electron chi connectivity index (χ4n) is 1.81.